The van der Waals surface area contributed by atoms with Gasteiger partial charge in [-0.05, 0) is 54.8 Å². The lowest BCUT2D eigenvalue weighted by molar-refractivity contribution is -0.118. The van der Waals surface area contributed by atoms with E-state index in [1.165, 1.54) is 11.8 Å². The van der Waals surface area contributed by atoms with Crippen molar-refractivity contribution in [2.75, 3.05) is 5.75 Å². The van der Waals surface area contributed by atoms with Crippen molar-refractivity contribution >= 4 is 39.7 Å². The zero-order valence-electron chi connectivity index (χ0n) is 18.9. The van der Waals surface area contributed by atoms with E-state index in [1.54, 1.807) is 4.57 Å². The number of nitrogens with zero attached hydrogens (tertiary/aromatic N) is 2. The fourth-order valence-electron chi connectivity index (χ4n) is 4.00. The molecule has 7 heteroatoms. The number of para-hydroxylation sites is 1. The first-order valence-electron chi connectivity index (χ1n) is 11.0. The fraction of sp³-hybridized carbons (Fsp3) is 0.148. The number of rotatable bonds is 6. The van der Waals surface area contributed by atoms with Crippen LogP contribution >= 0.6 is 11.8 Å². The highest BCUT2D eigenvalue weighted by Crippen LogP contribution is 2.29. The molecule has 3 aromatic carbocycles. The van der Waals surface area contributed by atoms with E-state index in [4.69, 9.17) is 9.40 Å². The number of amides is 1. The van der Waals surface area contributed by atoms with Crippen LogP contribution in [0.2, 0.25) is 0 Å². The average Bonchev–Trinajstić information content (AvgIpc) is 3.20. The van der Waals surface area contributed by atoms with Gasteiger partial charge in [0.25, 0.3) is 0 Å². The van der Waals surface area contributed by atoms with E-state index in [-0.39, 0.29) is 22.8 Å². The molecular formula is C27H23N3O3S. The zero-order valence-corrected chi connectivity index (χ0v) is 19.7. The van der Waals surface area contributed by atoms with Gasteiger partial charge in [-0.2, -0.15) is 0 Å². The first kappa shape index (κ1) is 22.0. The molecule has 0 saturated carbocycles. The number of carbonyl (C=O) groups is 1. The summed E-state index contributed by atoms with van der Waals surface area (Å²) < 4.78 is 7.43. The highest BCUT2D eigenvalue weighted by atomic mass is 32.2. The van der Waals surface area contributed by atoms with E-state index in [2.05, 4.69) is 5.32 Å². The fourth-order valence-corrected chi connectivity index (χ4v) is 4.84. The third-order valence-electron chi connectivity index (χ3n) is 5.49. The smallest absolute Gasteiger partial charge is 0.302 e. The number of furan rings is 1. The van der Waals surface area contributed by atoms with Crippen LogP contribution in [0.5, 0.6) is 0 Å². The third-order valence-corrected chi connectivity index (χ3v) is 6.43. The molecule has 1 N–H and O–H groups in total. The minimum absolute atomic E-state index is 0.130. The normalized spacial score (nSPS) is 11.2. The number of fused-ring (bicyclic) bond motifs is 3. The Morgan fingerprint density at radius 2 is 1.71 bits per heavy atom. The van der Waals surface area contributed by atoms with Crippen molar-refractivity contribution in [3.05, 3.63) is 99.8 Å². The van der Waals surface area contributed by atoms with Crippen molar-refractivity contribution in [2.45, 2.75) is 25.5 Å². The van der Waals surface area contributed by atoms with E-state index < -0.39 is 0 Å². The highest BCUT2D eigenvalue weighted by Gasteiger charge is 2.20. The maximum atomic E-state index is 13.6. The molecule has 0 radical (unpaired) electrons. The summed E-state index contributed by atoms with van der Waals surface area (Å²) in [5.74, 6) is -0.00188. The maximum Gasteiger partial charge on any atom is 0.302 e. The van der Waals surface area contributed by atoms with Gasteiger partial charge in [0.1, 0.15) is 11.1 Å². The third kappa shape index (κ3) is 4.34. The molecule has 0 fully saturated rings. The molecule has 0 atom stereocenters. The number of thioether (sulfide) groups is 1. The predicted octanol–water partition coefficient (Wildman–Crippen LogP) is 5.16. The van der Waals surface area contributed by atoms with E-state index in [0.29, 0.717) is 28.5 Å². The molecule has 5 aromatic rings. The molecular weight excluding hydrogens is 446 g/mol. The lowest BCUT2D eigenvalue weighted by Crippen LogP contribution is -2.26. The van der Waals surface area contributed by atoms with Gasteiger partial charge in [-0.3, -0.25) is 14.2 Å². The van der Waals surface area contributed by atoms with E-state index in [1.807, 2.05) is 86.6 Å². The first-order valence-corrected chi connectivity index (χ1v) is 11.9. The first-order chi connectivity index (χ1) is 16.5. The SMILES string of the molecule is Cc1cc(C)cc(-n2c(SCC(=O)NCc3ccccc3)nc3c(oc4ccccc43)c2=O)c1. The van der Waals surface area contributed by atoms with Gasteiger partial charge < -0.3 is 9.73 Å². The van der Waals surface area contributed by atoms with Gasteiger partial charge in [0, 0.05) is 11.9 Å². The van der Waals surface area contributed by atoms with Gasteiger partial charge in [-0.1, -0.05) is 60.3 Å². The van der Waals surface area contributed by atoms with Gasteiger partial charge in [0.2, 0.25) is 11.5 Å². The lowest BCUT2D eigenvalue weighted by Gasteiger charge is -2.13. The van der Waals surface area contributed by atoms with Gasteiger partial charge in [0.05, 0.1) is 11.4 Å². The number of benzene rings is 3. The van der Waals surface area contributed by atoms with Gasteiger partial charge >= 0.3 is 5.56 Å². The van der Waals surface area contributed by atoms with Crippen molar-refractivity contribution in [3.8, 4) is 5.69 Å². The molecule has 0 aliphatic rings. The second-order valence-electron chi connectivity index (χ2n) is 8.21. The molecule has 2 aromatic heterocycles. The Labute approximate surface area is 200 Å². The molecule has 1 amide bonds. The number of hydrogen-bond acceptors (Lipinski definition) is 5. The number of aromatic nitrogens is 2. The van der Waals surface area contributed by atoms with Crippen LogP contribution in [-0.4, -0.2) is 21.2 Å². The number of hydrogen-bond donors (Lipinski definition) is 1. The van der Waals surface area contributed by atoms with Crippen molar-refractivity contribution in [1.82, 2.24) is 14.9 Å². The molecule has 0 bridgehead atoms. The van der Waals surface area contributed by atoms with Crippen LogP contribution in [-0.2, 0) is 11.3 Å². The summed E-state index contributed by atoms with van der Waals surface area (Å²) in [6.45, 7) is 4.42. The van der Waals surface area contributed by atoms with Crippen LogP contribution in [0, 0.1) is 13.8 Å². The summed E-state index contributed by atoms with van der Waals surface area (Å²) >= 11 is 1.24. The molecule has 6 nitrogen and oxygen atoms in total. The van der Waals surface area contributed by atoms with E-state index in [0.717, 1.165) is 22.1 Å². The van der Waals surface area contributed by atoms with Crippen LogP contribution in [0.4, 0.5) is 0 Å². The summed E-state index contributed by atoms with van der Waals surface area (Å²) in [4.78, 5) is 31.0. The highest BCUT2D eigenvalue weighted by molar-refractivity contribution is 7.99. The molecule has 5 rings (SSSR count). The Bertz CT molecular complexity index is 1550. The lowest BCUT2D eigenvalue weighted by atomic mass is 10.1. The van der Waals surface area contributed by atoms with Crippen molar-refractivity contribution in [2.24, 2.45) is 0 Å². The molecule has 0 spiro atoms. The largest absolute Gasteiger partial charge is 0.448 e. The molecule has 0 aliphatic heterocycles. The average molecular weight is 470 g/mol. The summed E-state index contributed by atoms with van der Waals surface area (Å²) in [6, 6.07) is 23.1. The van der Waals surface area contributed by atoms with Gasteiger partial charge in [-0.25, -0.2) is 4.98 Å². The second-order valence-corrected chi connectivity index (χ2v) is 9.15. The van der Waals surface area contributed by atoms with E-state index >= 15 is 0 Å². The Morgan fingerprint density at radius 3 is 2.47 bits per heavy atom. The van der Waals surface area contributed by atoms with E-state index in [9.17, 15) is 9.59 Å². The van der Waals surface area contributed by atoms with Crippen LogP contribution in [0.3, 0.4) is 0 Å². The second kappa shape index (κ2) is 9.19. The number of carbonyl (C=O) groups excluding carboxylic acids is 1. The summed E-state index contributed by atoms with van der Waals surface area (Å²) in [7, 11) is 0. The monoisotopic (exact) mass is 469 g/mol. The topological polar surface area (TPSA) is 77.1 Å². The molecule has 2 heterocycles. The van der Waals surface area contributed by atoms with Crippen LogP contribution < -0.4 is 10.9 Å². The number of aryl methyl sites for hydroxylation is 2. The Balaban J connectivity index is 1.54. The minimum Gasteiger partial charge on any atom is -0.448 e. The van der Waals surface area contributed by atoms with Crippen molar-refractivity contribution < 1.29 is 9.21 Å². The molecule has 0 saturated heterocycles. The van der Waals surface area contributed by atoms with Crippen LogP contribution in [0.1, 0.15) is 16.7 Å². The Hall–Kier alpha value is -3.84. The Kier molecular flexibility index (Phi) is 5.94. The van der Waals surface area contributed by atoms with Crippen LogP contribution in [0.15, 0.2) is 87.2 Å². The molecule has 170 valence electrons. The number of nitrogens with one attached hydrogen (secondary N) is 1. The van der Waals surface area contributed by atoms with Crippen molar-refractivity contribution in [3.63, 3.8) is 0 Å². The summed E-state index contributed by atoms with van der Waals surface area (Å²) in [6.07, 6.45) is 0. The standard InChI is InChI=1S/C27H23N3O3S/c1-17-12-18(2)14-20(13-17)30-26(32)25-24(21-10-6-7-11-22(21)33-25)29-27(30)34-16-23(31)28-15-19-8-4-3-5-9-19/h3-14H,15-16H2,1-2H3,(H,28,31). The molecule has 0 aliphatic carbocycles. The van der Waals surface area contributed by atoms with Gasteiger partial charge in [-0.15, -0.1) is 0 Å². The van der Waals surface area contributed by atoms with Crippen LogP contribution in [0.25, 0.3) is 27.8 Å². The van der Waals surface area contributed by atoms with Gasteiger partial charge in [0.15, 0.2) is 5.16 Å². The van der Waals surface area contributed by atoms with Crippen molar-refractivity contribution in [1.29, 1.82) is 0 Å². The summed E-state index contributed by atoms with van der Waals surface area (Å²) in [5.41, 5.74) is 4.81. The zero-order chi connectivity index (χ0) is 23.7. The Morgan fingerprint density at radius 1 is 1.00 bits per heavy atom. The molecule has 34 heavy (non-hydrogen) atoms. The quantitative estimate of drug-likeness (QED) is 0.275. The maximum absolute atomic E-state index is 13.6. The summed E-state index contributed by atoms with van der Waals surface area (Å²) in [5, 5.41) is 4.15. The molecule has 0 unspecified atom stereocenters. The predicted molar refractivity (Wildman–Crippen MR) is 136 cm³/mol. The minimum atomic E-state index is -0.293.